The van der Waals surface area contributed by atoms with E-state index in [0.717, 1.165) is 5.69 Å². The van der Waals surface area contributed by atoms with Crippen LogP contribution in [0.2, 0.25) is 0 Å². The molecular formula is C16H25ClF2N4O. The lowest BCUT2D eigenvalue weighted by atomic mass is 9.78. The van der Waals surface area contributed by atoms with Gasteiger partial charge in [0.25, 0.3) is 0 Å². The number of hydrogen-bond acceptors (Lipinski definition) is 5. The molecule has 24 heavy (non-hydrogen) atoms. The smallest absolute Gasteiger partial charge is 0.248 e. The van der Waals surface area contributed by atoms with Gasteiger partial charge in [-0.1, -0.05) is 6.92 Å². The first-order chi connectivity index (χ1) is 11.5. The summed E-state index contributed by atoms with van der Waals surface area (Å²) in [5, 5.41) is 12.4. The number of hydrogen-bond donors (Lipinski definition) is 2. The van der Waals surface area contributed by atoms with Crippen molar-refractivity contribution >= 4 is 11.6 Å². The molecule has 1 aromatic rings. The predicted molar refractivity (Wildman–Crippen MR) is 88.7 cm³/mol. The van der Waals surface area contributed by atoms with Crippen molar-refractivity contribution in [3.8, 4) is 0 Å². The molecule has 3 unspecified atom stereocenters. The van der Waals surface area contributed by atoms with E-state index < -0.39 is 18.1 Å². The van der Waals surface area contributed by atoms with Crippen molar-refractivity contribution < 1.29 is 13.9 Å². The molecule has 2 heterocycles. The summed E-state index contributed by atoms with van der Waals surface area (Å²) in [6.07, 6.45) is 0.735. The van der Waals surface area contributed by atoms with Gasteiger partial charge in [-0.15, -0.1) is 11.6 Å². The van der Waals surface area contributed by atoms with E-state index in [4.69, 9.17) is 11.6 Å². The van der Waals surface area contributed by atoms with Gasteiger partial charge in [-0.25, -0.2) is 13.8 Å². The number of aliphatic hydroxyl groups is 1. The molecule has 0 aromatic carbocycles. The number of hydrazine groups is 1. The van der Waals surface area contributed by atoms with Gasteiger partial charge in [-0.05, 0) is 32.6 Å². The topological polar surface area (TPSA) is 61.3 Å². The fourth-order valence-corrected chi connectivity index (χ4v) is 3.37. The predicted octanol–water partition coefficient (Wildman–Crippen LogP) is 3.04. The number of nitrogens with zero attached hydrogens (tertiary/aromatic N) is 3. The van der Waals surface area contributed by atoms with E-state index in [2.05, 4.69) is 15.4 Å². The largest absolute Gasteiger partial charge is 0.376 e. The first-order valence-corrected chi connectivity index (χ1v) is 8.82. The zero-order valence-corrected chi connectivity index (χ0v) is 14.8. The highest BCUT2D eigenvalue weighted by Crippen LogP contribution is 2.43. The minimum Gasteiger partial charge on any atom is -0.376 e. The van der Waals surface area contributed by atoms with Gasteiger partial charge in [-0.2, -0.15) is 0 Å². The normalized spacial score (nSPS) is 22.7. The summed E-state index contributed by atoms with van der Waals surface area (Å²) in [6, 6.07) is -0.284. The van der Waals surface area contributed by atoms with Crippen molar-refractivity contribution in [3.05, 3.63) is 23.8 Å². The zero-order valence-electron chi connectivity index (χ0n) is 14.1. The minimum absolute atomic E-state index is 0.160. The molecule has 0 bridgehead atoms. The van der Waals surface area contributed by atoms with Crippen LogP contribution in [0.15, 0.2) is 12.4 Å². The molecule has 1 saturated heterocycles. The van der Waals surface area contributed by atoms with E-state index in [1.54, 1.807) is 19.3 Å². The van der Waals surface area contributed by atoms with E-state index in [-0.39, 0.29) is 18.9 Å². The zero-order chi connectivity index (χ0) is 17.7. The second-order valence-electron chi connectivity index (χ2n) is 6.26. The molecule has 0 aliphatic carbocycles. The average molecular weight is 363 g/mol. The number of alkyl halides is 3. The Morgan fingerprint density at radius 2 is 2.21 bits per heavy atom. The van der Waals surface area contributed by atoms with Crippen LogP contribution in [-0.2, 0) is 0 Å². The third kappa shape index (κ3) is 3.85. The Labute approximate surface area is 146 Å². The summed E-state index contributed by atoms with van der Waals surface area (Å²) in [5.41, 5.74) is 2.97. The summed E-state index contributed by atoms with van der Waals surface area (Å²) in [5.74, 6) is 0.293. The highest BCUT2D eigenvalue weighted by atomic mass is 35.5. The van der Waals surface area contributed by atoms with Gasteiger partial charge in [0.2, 0.25) is 6.43 Å². The molecule has 5 nitrogen and oxygen atoms in total. The molecule has 2 rings (SSSR count). The van der Waals surface area contributed by atoms with Crippen LogP contribution < -0.4 is 5.43 Å². The molecular weight excluding hydrogens is 338 g/mol. The summed E-state index contributed by atoms with van der Waals surface area (Å²) < 4.78 is 27.8. The monoisotopic (exact) mass is 362 g/mol. The Hall–Kier alpha value is -0.890. The number of aliphatic hydroxyl groups excluding tert-OH is 1. The van der Waals surface area contributed by atoms with Crippen molar-refractivity contribution in [2.45, 2.75) is 58.2 Å². The molecule has 2 N–H and O–H groups in total. The number of aromatic nitrogens is 2. The van der Waals surface area contributed by atoms with E-state index in [1.807, 2.05) is 6.92 Å². The van der Waals surface area contributed by atoms with Crippen LogP contribution in [0.1, 0.15) is 50.0 Å². The molecule has 0 amide bonds. The average Bonchev–Trinajstić information content (AvgIpc) is 3.05. The van der Waals surface area contributed by atoms with E-state index in [1.165, 1.54) is 5.01 Å². The van der Waals surface area contributed by atoms with Crippen LogP contribution in [0.3, 0.4) is 0 Å². The summed E-state index contributed by atoms with van der Waals surface area (Å²) in [4.78, 5) is 8.56. The van der Waals surface area contributed by atoms with Gasteiger partial charge in [0.1, 0.15) is 6.23 Å². The van der Waals surface area contributed by atoms with Crippen LogP contribution in [-0.4, -0.2) is 45.2 Å². The molecule has 1 aromatic heterocycles. The van der Waals surface area contributed by atoms with E-state index in [9.17, 15) is 13.9 Å². The van der Waals surface area contributed by atoms with Crippen LogP contribution in [0.5, 0.6) is 0 Å². The van der Waals surface area contributed by atoms with Crippen molar-refractivity contribution in [1.29, 1.82) is 0 Å². The Balaban J connectivity index is 2.26. The number of aryl methyl sites for hydroxylation is 1. The van der Waals surface area contributed by atoms with Crippen LogP contribution in [0, 0.1) is 12.3 Å². The molecule has 0 radical (unpaired) electrons. The summed E-state index contributed by atoms with van der Waals surface area (Å²) in [7, 11) is 0. The molecule has 8 heteroatoms. The molecule has 136 valence electrons. The fraction of sp³-hybridized carbons (Fsp3) is 0.750. The maximum atomic E-state index is 13.9. The molecule has 1 aliphatic heterocycles. The van der Waals surface area contributed by atoms with Gasteiger partial charge >= 0.3 is 0 Å². The standard InChI is InChI=1S/C16H25ClF2N4O/c1-3-16(14(18)19,6-4-7-17)15(24)23-13(5-8-22-23)12-10-20-11(2)9-21-12/h9-10,13-15,22,24H,3-8H2,1-2H3. The third-order valence-corrected chi connectivity index (χ3v) is 5.10. The van der Waals surface area contributed by atoms with Gasteiger partial charge in [0, 0.05) is 18.6 Å². The molecule has 1 aliphatic rings. The van der Waals surface area contributed by atoms with Gasteiger partial charge in [0.15, 0.2) is 0 Å². The lowest BCUT2D eigenvalue weighted by Crippen LogP contribution is -2.54. The van der Waals surface area contributed by atoms with Crippen LogP contribution >= 0.6 is 11.6 Å². The number of rotatable bonds is 8. The van der Waals surface area contributed by atoms with Gasteiger partial charge in [0.05, 0.1) is 29.0 Å². The van der Waals surface area contributed by atoms with E-state index in [0.29, 0.717) is 31.0 Å². The Bertz CT molecular complexity index is 519. The molecule has 1 fully saturated rings. The van der Waals surface area contributed by atoms with Crippen LogP contribution in [0.4, 0.5) is 8.78 Å². The number of halogens is 3. The number of nitrogens with one attached hydrogen (secondary N) is 1. The SMILES string of the molecule is CCC(CCCCl)(C(F)F)C(O)N1NCCC1c1cnc(C)cn1. The van der Waals surface area contributed by atoms with Gasteiger partial charge < -0.3 is 5.11 Å². The second-order valence-corrected chi connectivity index (χ2v) is 6.63. The van der Waals surface area contributed by atoms with Crippen molar-refractivity contribution in [3.63, 3.8) is 0 Å². The van der Waals surface area contributed by atoms with Crippen molar-refractivity contribution in [1.82, 2.24) is 20.4 Å². The molecule has 0 saturated carbocycles. The first kappa shape index (κ1) is 19.4. The highest BCUT2D eigenvalue weighted by Gasteiger charge is 2.49. The van der Waals surface area contributed by atoms with Crippen molar-refractivity contribution in [2.24, 2.45) is 5.41 Å². The highest BCUT2D eigenvalue weighted by molar-refractivity contribution is 6.17. The van der Waals surface area contributed by atoms with Crippen molar-refractivity contribution in [2.75, 3.05) is 12.4 Å². The Kier molecular flexibility index (Phi) is 6.86. The van der Waals surface area contributed by atoms with E-state index >= 15 is 0 Å². The maximum Gasteiger partial charge on any atom is 0.248 e. The Morgan fingerprint density at radius 3 is 2.75 bits per heavy atom. The fourth-order valence-electron chi connectivity index (χ4n) is 3.24. The maximum absolute atomic E-state index is 13.9. The lowest BCUT2D eigenvalue weighted by molar-refractivity contribution is -0.180. The summed E-state index contributed by atoms with van der Waals surface area (Å²) in [6.45, 7) is 4.11. The summed E-state index contributed by atoms with van der Waals surface area (Å²) >= 11 is 5.70. The second kappa shape index (κ2) is 8.47. The minimum atomic E-state index is -2.65. The Morgan fingerprint density at radius 1 is 1.46 bits per heavy atom. The quantitative estimate of drug-likeness (QED) is 0.696. The molecule has 3 atom stereocenters. The molecule has 0 spiro atoms. The lowest BCUT2D eigenvalue weighted by Gasteiger charge is -2.42. The third-order valence-electron chi connectivity index (χ3n) is 4.84. The first-order valence-electron chi connectivity index (χ1n) is 8.28. The van der Waals surface area contributed by atoms with Crippen LogP contribution in [0.25, 0.3) is 0 Å². The van der Waals surface area contributed by atoms with Gasteiger partial charge in [-0.3, -0.25) is 15.4 Å².